The number of rotatable bonds is 7. The fourth-order valence-electron chi connectivity index (χ4n) is 3.15. The van der Waals surface area contributed by atoms with E-state index < -0.39 is 19.7 Å². The molecule has 0 aromatic heterocycles. The summed E-state index contributed by atoms with van der Waals surface area (Å²) in [4.78, 5) is 25.0. The SMILES string of the molecule is CCC[C@@](/N=[P+](\[O-])Oc1c(Cl)ccc2ccccc12)(C(=O)O)c1ccccc1. The van der Waals surface area contributed by atoms with Gasteiger partial charge < -0.3 is 10.00 Å². The number of hydrogen-bond acceptors (Lipinski definition) is 4. The molecular formula is C21H19ClNO4P. The molecule has 1 unspecified atom stereocenters. The quantitative estimate of drug-likeness (QED) is 0.516. The smallest absolute Gasteiger partial charge is 0.396 e. The van der Waals surface area contributed by atoms with E-state index in [1.54, 1.807) is 42.5 Å². The molecule has 0 aliphatic carbocycles. The Hall–Kier alpha value is -2.46. The van der Waals surface area contributed by atoms with Crippen molar-refractivity contribution in [1.82, 2.24) is 0 Å². The van der Waals surface area contributed by atoms with Gasteiger partial charge in [-0.05, 0) is 28.2 Å². The summed E-state index contributed by atoms with van der Waals surface area (Å²) in [5, 5.41) is 11.8. The van der Waals surface area contributed by atoms with Gasteiger partial charge in [-0.2, -0.15) is 0 Å². The molecule has 3 aromatic carbocycles. The van der Waals surface area contributed by atoms with Gasteiger partial charge in [0.1, 0.15) is 0 Å². The van der Waals surface area contributed by atoms with Crippen LogP contribution in [0.5, 0.6) is 5.75 Å². The maximum Gasteiger partial charge on any atom is 0.396 e. The highest BCUT2D eigenvalue weighted by Gasteiger charge is 2.43. The van der Waals surface area contributed by atoms with Crippen LogP contribution in [0.25, 0.3) is 10.8 Å². The van der Waals surface area contributed by atoms with Crippen molar-refractivity contribution in [1.29, 1.82) is 0 Å². The van der Waals surface area contributed by atoms with E-state index in [0.29, 0.717) is 17.4 Å². The molecule has 0 heterocycles. The van der Waals surface area contributed by atoms with Crippen LogP contribution in [0.4, 0.5) is 0 Å². The number of carboxylic acids is 1. The maximum absolute atomic E-state index is 12.8. The Morgan fingerprint density at radius 3 is 2.50 bits per heavy atom. The average molecular weight is 416 g/mol. The van der Waals surface area contributed by atoms with Gasteiger partial charge in [-0.3, -0.25) is 4.52 Å². The lowest BCUT2D eigenvalue weighted by Gasteiger charge is -2.22. The minimum Gasteiger partial charge on any atom is -0.575 e. The van der Waals surface area contributed by atoms with Crippen molar-refractivity contribution < 1.29 is 19.3 Å². The monoisotopic (exact) mass is 415 g/mol. The van der Waals surface area contributed by atoms with E-state index in [1.165, 1.54) is 0 Å². The molecule has 3 aromatic rings. The van der Waals surface area contributed by atoms with Gasteiger partial charge in [-0.1, -0.05) is 85.6 Å². The Morgan fingerprint density at radius 2 is 1.82 bits per heavy atom. The van der Waals surface area contributed by atoms with E-state index in [9.17, 15) is 14.8 Å². The van der Waals surface area contributed by atoms with Gasteiger partial charge in [0, 0.05) is 5.39 Å². The van der Waals surface area contributed by atoms with E-state index in [4.69, 9.17) is 16.1 Å². The van der Waals surface area contributed by atoms with Crippen molar-refractivity contribution in [3.8, 4) is 5.75 Å². The molecule has 28 heavy (non-hydrogen) atoms. The summed E-state index contributed by atoms with van der Waals surface area (Å²) < 4.78 is 9.72. The fraction of sp³-hybridized carbons (Fsp3) is 0.190. The van der Waals surface area contributed by atoms with Crippen molar-refractivity contribution in [3.63, 3.8) is 0 Å². The van der Waals surface area contributed by atoms with Crippen molar-refractivity contribution in [2.45, 2.75) is 25.3 Å². The van der Waals surface area contributed by atoms with Gasteiger partial charge in [-0.15, -0.1) is 0 Å². The Morgan fingerprint density at radius 1 is 1.14 bits per heavy atom. The van der Waals surface area contributed by atoms with Crippen LogP contribution in [-0.4, -0.2) is 11.1 Å². The van der Waals surface area contributed by atoms with E-state index in [-0.39, 0.29) is 17.2 Å². The summed E-state index contributed by atoms with van der Waals surface area (Å²) in [7, 11) is -2.69. The summed E-state index contributed by atoms with van der Waals surface area (Å²) >= 11 is 6.25. The molecule has 1 N–H and O–H groups in total. The van der Waals surface area contributed by atoms with E-state index in [2.05, 4.69) is 4.74 Å². The first-order chi connectivity index (χ1) is 13.5. The topological polar surface area (TPSA) is 82.0 Å². The molecule has 0 fully saturated rings. The average Bonchev–Trinajstić information content (AvgIpc) is 2.70. The molecule has 0 aliphatic heterocycles. The summed E-state index contributed by atoms with van der Waals surface area (Å²) in [6, 6.07) is 19.4. The highest BCUT2D eigenvalue weighted by molar-refractivity contribution is 7.34. The highest BCUT2D eigenvalue weighted by Crippen LogP contribution is 2.41. The molecule has 0 spiro atoms. The van der Waals surface area contributed by atoms with Crippen LogP contribution in [-0.2, 0) is 10.3 Å². The molecule has 3 rings (SSSR count). The van der Waals surface area contributed by atoms with Gasteiger partial charge in [0.2, 0.25) is 11.3 Å². The third kappa shape index (κ3) is 4.02. The first kappa shape index (κ1) is 20.3. The first-order valence-corrected chi connectivity index (χ1v) is 10.3. The van der Waals surface area contributed by atoms with Gasteiger partial charge in [0.25, 0.3) is 0 Å². The molecular weight excluding hydrogens is 397 g/mol. The molecule has 0 amide bonds. The number of halogens is 1. The molecule has 0 radical (unpaired) electrons. The minimum atomic E-state index is -2.69. The predicted octanol–water partition coefficient (Wildman–Crippen LogP) is 5.51. The molecule has 0 saturated heterocycles. The van der Waals surface area contributed by atoms with Crippen LogP contribution < -0.4 is 9.42 Å². The Bertz CT molecular complexity index is 1030. The van der Waals surface area contributed by atoms with E-state index in [0.717, 1.165) is 5.39 Å². The maximum atomic E-state index is 12.8. The van der Waals surface area contributed by atoms with Gasteiger partial charge in [0.05, 0.1) is 5.02 Å². The molecule has 7 heteroatoms. The Balaban J connectivity index is 2.07. The standard InChI is InChI=1S/C21H19ClNO4P/c1-2-14-21(20(24)25,16-9-4-3-5-10-16)23-28(26)27-19-17-11-7-6-8-15(17)12-13-18(19)22/h3-13H,2,14H2,1H3,(H,24,25)/t21-/m0/s1. The summed E-state index contributed by atoms with van der Waals surface area (Å²) in [6.45, 7) is 1.85. The summed E-state index contributed by atoms with van der Waals surface area (Å²) in [6.07, 6.45) is 0.739. The van der Waals surface area contributed by atoms with Crippen LogP contribution >= 0.6 is 19.8 Å². The van der Waals surface area contributed by atoms with Crippen LogP contribution in [0, 0.1) is 0 Å². The summed E-state index contributed by atoms with van der Waals surface area (Å²) in [5.74, 6) is -0.940. The van der Waals surface area contributed by atoms with Crippen molar-refractivity contribution in [2.75, 3.05) is 0 Å². The van der Waals surface area contributed by atoms with Crippen LogP contribution in [0.1, 0.15) is 25.3 Å². The second-order valence-corrected chi connectivity index (χ2v) is 7.57. The second-order valence-electron chi connectivity index (χ2n) is 6.31. The zero-order valence-corrected chi connectivity index (χ0v) is 16.9. The van der Waals surface area contributed by atoms with Crippen molar-refractivity contribution in [3.05, 3.63) is 77.3 Å². The van der Waals surface area contributed by atoms with Gasteiger partial charge in [-0.25, -0.2) is 4.79 Å². The lowest BCUT2D eigenvalue weighted by atomic mass is 9.87. The third-order valence-electron chi connectivity index (χ3n) is 4.47. The van der Waals surface area contributed by atoms with Crippen LogP contribution in [0.2, 0.25) is 5.02 Å². The molecule has 0 aliphatic rings. The van der Waals surface area contributed by atoms with E-state index >= 15 is 0 Å². The minimum absolute atomic E-state index is 0.194. The molecule has 144 valence electrons. The van der Waals surface area contributed by atoms with Crippen molar-refractivity contribution >= 4 is 36.5 Å². The first-order valence-electron chi connectivity index (χ1n) is 8.82. The second kappa shape index (κ2) is 8.70. The lowest BCUT2D eigenvalue weighted by molar-refractivity contribution is -0.170. The lowest BCUT2D eigenvalue weighted by Crippen LogP contribution is -2.33. The van der Waals surface area contributed by atoms with Crippen LogP contribution in [0.3, 0.4) is 0 Å². The van der Waals surface area contributed by atoms with Gasteiger partial charge in [0.15, 0.2) is 0 Å². The van der Waals surface area contributed by atoms with E-state index in [1.807, 2.05) is 31.2 Å². The number of carboxylic acid groups (broad SMARTS) is 1. The number of aliphatic carboxylic acids is 1. The van der Waals surface area contributed by atoms with Crippen LogP contribution in [0.15, 0.2) is 71.5 Å². The van der Waals surface area contributed by atoms with Gasteiger partial charge >= 0.3 is 14.1 Å². The predicted molar refractivity (Wildman–Crippen MR) is 110 cm³/mol. The highest BCUT2D eigenvalue weighted by atomic mass is 35.5. The third-order valence-corrected chi connectivity index (χ3v) is 5.61. The summed E-state index contributed by atoms with van der Waals surface area (Å²) in [5.41, 5.74) is -1.19. The zero-order chi connectivity index (χ0) is 20.1. The normalized spacial score (nSPS) is 13.9. The fourth-order valence-corrected chi connectivity index (χ4v) is 4.38. The number of nitrogens with zero attached hydrogens (tertiary/aromatic N) is 1. The largest absolute Gasteiger partial charge is 0.575 e. The Kier molecular flexibility index (Phi) is 6.30. The number of benzene rings is 3. The molecule has 5 nitrogen and oxygen atoms in total. The number of hydrogen-bond donors (Lipinski definition) is 1. The Labute approximate surface area is 169 Å². The number of carbonyl (C=O) groups is 1. The molecule has 0 saturated carbocycles. The molecule has 0 bridgehead atoms. The van der Waals surface area contributed by atoms with Crippen molar-refractivity contribution in [2.24, 2.45) is 4.74 Å². The number of fused-ring (bicyclic) bond motifs is 1. The zero-order valence-electron chi connectivity index (χ0n) is 15.2. The molecule has 2 atom stereocenters.